The van der Waals surface area contributed by atoms with Crippen LogP contribution in [-0.2, 0) is 12.8 Å². The summed E-state index contributed by atoms with van der Waals surface area (Å²) in [4.78, 5) is 9.06. The molecule has 3 nitrogen and oxygen atoms in total. The number of unbranched alkanes of at least 4 members (excludes halogenated alkanes) is 3. The molecule has 1 aliphatic heterocycles. The molecule has 3 aromatic rings. The zero-order chi connectivity index (χ0) is 23.0. The maximum atomic E-state index is 6.39. The van der Waals surface area contributed by atoms with Crippen LogP contribution in [0.25, 0.3) is 0 Å². The zero-order valence-corrected chi connectivity index (χ0v) is 23.0. The summed E-state index contributed by atoms with van der Waals surface area (Å²) in [6.07, 6.45) is 11.1. The van der Waals surface area contributed by atoms with Gasteiger partial charge in [0, 0.05) is 36.8 Å². The van der Waals surface area contributed by atoms with E-state index < -0.39 is 0 Å². The second kappa shape index (κ2) is 14.7. The van der Waals surface area contributed by atoms with Gasteiger partial charge in [-0.15, -0.1) is 24.8 Å². The summed E-state index contributed by atoms with van der Waals surface area (Å²) in [7, 11) is 1.72. The molecule has 2 heterocycles. The summed E-state index contributed by atoms with van der Waals surface area (Å²) in [6, 6.07) is 17.1. The van der Waals surface area contributed by atoms with E-state index in [2.05, 4.69) is 47.4 Å². The number of benzene rings is 2. The number of nitrogens with zero attached hydrogens (tertiary/aromatic N) is 2. The number of pyridine rings is 1. The highest BCUT2D eigenvalue weighted by Crippen LogP contribution is 2.37. The van der Waals surface area contributed by atoms with Crippen LogP contribution in [0.3, 0.4) is 0 Å². The lowest BCUT2D eigenvalue weighted by atomic mass is 9.84. The van der Waals surface area contributed by atoms with E-state index in [0.29, 0.717) is 22.4 Å². The van der Waals surface area contributed by atoms with E-state index in [1.807, 2.05) is 6.07 Å². The molecule has 1 atom stereocenters. The van der Waals surface area contributed by atoms with Crippen molar-refractivity contribution in [2.45, 2.75) is 50.9 Å². The van der Waals surface area contributed by atoms with Crippen molar-refractivity contribution in [3.63, 3.8) is 0 Å². The summed E-state index contributed by atoms with van der Waals surface area (Å²) < 4.78 is 5.73. The molecule has 188 valence electrons. The van der Waals surface area contributed by atoms with E-state index in [1.165, 1.54) is 36.8 Å². The van der Waals surface area contributed by atoms with Gasteiger partial charge in [-0.1, -0.05) is 84.9 Å². The number of hydrogen-bond donors (Lipinski definition) is 0. The normalized spacial score (nSPS) is 14.3. The van der Waals surface area contributed by atoms with Gasteiger partial charge in [0.25, 0.3) is 0 Å². The molecular formula is C28H32Cl4N2O. The smallest absolute Gasteiger partial charge is 0.128 e. The van der Waals surface area contributed by atoms with E-state index in [-0.39, 0.29) is 24.8 Å². The van der Waals surface area contributed by atoms with Gasteiger partial charge in [-0.05, 0) is 42.0 Å². The van der Waals surface area contributed by atoms with Gasteiger partial charge in [0.1, 0.15) is 5.75 Å². The number of ether oxygens (including phenoxy) is 1. The van der Waals surface area contributed by atoms with Crippen molar-refractivity contribution in [3.8, 4) is 5.75 Å². The summed E-state index contributed by atoms with van der Waals surface area (Å²) >= 11 is 12.8. The molecule has 4 rings (SSSR count). The first-order chi connectivity index (χ1) is 16.2. The standard InChI is InChI=1S/C28H30Cl2N2O.2ClH/c1-33-27-15-9-14-22-21(13-8-3-2-5-10-20-11-6-4-7-12-20)17-32-26(28(22)27)16-23-24(29)18-31-19-25(23)30;;/h4,6-7,9,11-12,14-15,18-19,21H,2-3,5,8,10,13,16-17H2,1H3;2*1H. The molecule has 0 bridgehead atoms. The monoisotopic (exact) mass is 552 g/mol. The Labute approximate surface area is 231 Å². The topological polar surface area (TPSA) is 34.5 Å². The number of halogens is 4. The Morgan fingerprint density at radius 3 is 2.31 bits per heavy atom. The van der Waals surface area contributed by atoms with Gasteiger partial charge in [-0.3, -0.25) is 9.98 Å². The van der Waals surface area contributed by atoms with Crippen LogP contribution < -0.4 is 4.74 Å². The van der Waals surface area contributed by atoms with Crippen LogP contribution in [0.5, 0.6) is 5.75 Å². The molecule has 0 fully saturated rings. The van der Waals surface area contributed by atoms with E-state index >= 15 is 0 Å². The van der Waals surface area contributed by atoms with Gasteiger partial charge in [0.15, 0.2) is 0 Å². The summed E-state index contributed by atoms with van der Waals surface area (Å²) in [6.45, 7) is 0.792. The quantitative estimate of drug-likeness (QED) is 0.236. The van der Waals surface area contributed by atoms with Crippen LogP contribution >= 0.6 is 48.0 Å². The lowest BCUT2D eigenvalue weighted by Gasteiger charge is -2.27. The number of aromatic nitrogens is 1. The minimum absolute atomic E-state index is 0. The maximum absolute atomic E-state index is 6.39. The number of aryl methyl sites for hydroxylation is 1. The van der Waals surface area contributed by atoms with Crippen LogP contribution in [0.15, 0.2) is 65.9 Å². The predicted octanol–water partition coefficient (Wildman–Crippen LogP) is 8.56. The third-order valence-corrected chi connectivity index (χ3v) is 7.07. The van der Waals surface area contributed by atoms with Crippen molar-refractivity contribution in [2.24, 2.45) is 4.99 Å². The Balaban J connectivity index is 0.00000216. The summed E-state index contributed by atoms with van der Waals surface area (Å²) in [5.74, 6) is 1.27. The Morgan fingerprint density at radius 1 is 0.886 bits per heavy atom. The average Bonchev–Trinajstić information content (AvgIpc) is 2.84. The van der Waals surface area contributed by atoms with Crippen molar-refractivity contribution in [1.82, 2.24) is 4.98 Å². The Kier molecular flexibility index (Phi) is 12.4. The molecule has 1 aliphatic rings. The van der Waals surface area contributed by atoms with Gasteiger partial charge < -0.3 is 4.74 Å². The van der Waals surface area contributed by atoms with Gasteiger partial charge >= 0.3 is 0 Å². The first-order valence-electron chi connectivity index (χ1n) is 11.7. The molecule has 0 aliphatic carbocycles. The van der Waals surface area contributed by atoms with Crippen LogP contribution in [0.1, 0.15) is 60.3 Å². The van der Waals surface area contributed by atoms with Gasteiger partial charge in [0.05, 0.1) is 22.9 Å². The van der Waals surface area contributed by atoms with Crippen molar-refractivity contribution in [2.75, 3.05) is 13.7 Å². The molecule has 0 radical (unpaired) electrons. The van der Waals surface area contributed by atoms with E-state index in [1.54, 1.807) is 19.5 Å². The third kappa shape index (κ3) is 7.60. The van der Waals surface area contributed by atoms with Crippen molar-refractivity contribution in [3.05, 3.63) is 93.2 Å². The van der Waals surface area contributed by atoms with Crippen molar-refractivity contribution >= 4 is 53.7 Å². The second-order valence-corrected chi connectivity index (χ2v) is 9.42. The highest BCUT2D eigenvalue weighted by Gasteiger charge is 2.26. The first-order valence-corrected chi connectivity index (χ1v) is 12.5. The largest absolute Gasteiger partial charge is 0.496 e. The van der Waals surface area contributed by atoms with E-state index in [4.69, 9.17) is 32.9 Å². The Morgan fingerprint density at radius 2 is 1.60 bits per heavy atom. The molecule has 1 unspecified atom stereocenters. The van der Waals surface area contributed by atoms with E-state index in [9.17, 15) is 0 Å². The van der Waals surface area contributed by atoms with Crippen LogP contribution in [0.4, 0.5) is 0 Å². The Bertz CT molecular complexity index is 1090. The number of hydrogen-bond acceptors (Lipinski definition) is 3. The molecule has 7 heteroatoms. The van der Waals surface area contributed by atoms with Crippen molar-refractivity contribution < 1.29 is 4.74 Å². The molecule has 35 heavy (non-hydrogen) atoms. The van der Waals surface area contributed by atoms with E-state index in [0.717, 1.165) is 42.0 Å². The molecule has 0 saturated heterocycles. The number of fused-ring (bicyclic) bond motifs is 1. The Hall–Kier alpha value is -1.78. The molecule has 0 amide bonds. The minimum Gasteiger partial charge on any atom is -0.496 e. The number of rotatable bonds is 10. The minimum atomic E-state index is 0. The zero-order valence-electron chi connectivity index (χ0n) is 19.9. The van der Waals surface area contributed by atoms with Gasteiger partial charge in [-0.25, -0.2) is 0 Å². The first kappa shape index (κ1) is 29.5. The molecule has 0 N–H and O–H groups in total. The fraction of sp³-hybridized carbons (Fsp3) is 0.357. The fourth-order valence-electron chi connectivity index (χ4n) is 4.65. The molecule has 0 saturated carbocycles. The maximum Gasteiger partial charge on any atom is 0.128 e. The average molecular weight is 554 g/mol. The SMILES string of the molecule is COc1cccc2c1C(Cc1c(Cl)cncc1Cl)=NCC2CCCCCCc1ccccc1.Cl.Cl. The molecule has 1 aromatic heterocycles. The predicted molar refractivity (Wildman–Crippen MR) is 153 cm³/mol. The third-order valence-electron chi connectivity index (χ3n) is 6.42. The van der Waals surface area contributed by atoms with Crippen molar-refractivity contribution in [1.29, 1.82) is 0 Å². The summed E-state index contributed by atoms with van der Waals surface area (Å²) in [5, 5.41) is 1.14. The summed E-state index contributed by atoms with van der Waals surface area (Å²) in [5.41, 5.74) is 5.70. The number of methoxy groups -OCH3 is 1. The number of aliphatic imine (C=N–C) groups is 1. The highest BCUT2D eigenvalue weighted by molar-refractivity contribution is 6.36. The lowest BCUT2D eigenvalue weighted by Crippen LogP contribution is -2.21. The second-order valence-electron chi connectivity index (χ2n) is 8.61. The van der Waals surface area contributed by atoms with Gasteiger partial charge in [0.2, 0.25) is 0 Å². The van der Waals surface area contributed by atoms with Crippen LogP contribution in [0.2, 0.25) is 10.0 Å². The van der Waals surface area contributed by atoms with Gasteiger partial charge in [-0.2, -0.15) is 0 Å². The fourth-order valence-corrected chi connectivity index (χ4v) is 5.15. The highest BCUT2D eigenvalue weighted by atomic mass is 35.5. The lowest BCUT2D eigenvalue weighted by molar-refractivity contribution is 0.411. The van der Waals surface area contributed by atoms with Crippen LogP contribution in [0, 0.1) is 0 Å². The molecular weight excluding hydrogens is 522 g/mol. The molecule has 2 aromatic carbocycles. The van der Waals surface area contributed by atoms with Crippen LogP contribution in [-0.4, -0.2) is 24.4 Å². The molecule has 0 spiro atoms.